The molecule has 0 bridgehead atoms. The van der Waals surface area contributed by atoms with Crippen molar-refractivity contribution in [2.24, 2.45) is 0 Å². The average Bonchev–Trinajstić information content (AvgIpc) is 2.41. The number of hydrogen-bond donors (Lipinski definition) is 1. The van der Waals surface area contributed by atoms with E-state index in [4.69, 9.17) is 16.7 Å². The van der Waals surface area contributed by atoms with Gasteiger partial charge in [-0.2, -0.15) is 11.8 Å². The third-order valence-electron chi connectivity index (χ3n) is 2.84. The lowest BCUT2D eigenvalue weighted by atomic mass is 10.1. The SMILES string of the molecule is O=C(O)C1CSCCN1C(=O)c1ccc(Br)c(Cl)c1. The van der Waals surface area contributed by atoms with E-state index in [2.05, 4.69) is 15.9 Å². The summed E-state index contributed by atoms with van der Waals surface area (Å²) in [5.74, 6) is -0.0867. The lowest BCUT2D eigenvalue weighted by Crippen LogP contribution is -2.50. The van der Waals surface area contributed by atoms with Gasteiger partial charge in [0, 0.05) is 28.1 Å². The number of carboxylic acid groups (broad SMARTS) is 1. The van der Waals surface area contributed by atoms with Gasteiger partial charge in [-0.25, -0.2) is 4.79 Å². The van der Waals surface area contributed by atoms with Crippen LogP contribution in [0.5, 0.6) is 0 Å². The van der Waals surface area contributed by atoms with Gasteiger partial charge in [-0.1, -0.05) is 11.6 Å². The molecule has 0 aliphatic carbocycles. The Bertz CT molecular complexity index is 526. The van der Waals surface area contributed by atoms with Gasteiger partial charge < -0.3 is 10.0 Å². The Hall–Kier alpha value is -0.720. The second kappa shape index (κ2) is 6.15. The molecule has 1 aromatic carbocycles. The minimum atomic E-state index is -0.969. The van der Waals surface area contributed by atoms with Gasteiger partial charge >= 0.3 is 5.97 Å². The summed E-state index contributed by atoms with van der Waals surface area (Å²) in [6.45, 7) is 0.439. The molecule has 1 atom stereocenters. The summed E-state index contributed by atoms with van der Waals surface area (Å²) < 4.78 is 0.703. The normalized spacial score (nSPS) is 19.3. The second-order valence-corrected chi connectivity index (χ2v) is 6.47. The molecule has 4 nitrogen and oxygen atoms in total. The molecule has 2 rings (SSSR count). The summed E-state index contributed by atoms with van der Waals surface area (Å²) in [5, 5.41) is 9.60. The highest BCUT2D eigenvalue weighted by molar-refractivity contribution is 9.10. The van der Waals surface area contributed by atoms with E-state index in [9.17, 15) is 9.59 Å². The van der Waals surface area contributed by atoms with Crippen molar-refractivity contribution in [2.75, 3.05) is 18.1 Å². The third-order valence-corrected chi connectivity index (χ3v) is 5.10. The molecule has 1 unspecified atom stereocenters. The Labute approximate surface area is 128 Å². The molecule has 0 spiro atoms. The lowest BCUT2D eigenvalue weighted by Gasteiger charge is -2.32. The average molecular weight is 365 g/mol. The molecule has 1 amide bonds. The number of carbonyl (C=O) groups is 2. The number of halogens is 2. The Balaban J connectivity index is 2.26. The van der Waals surface area contributed by atoms with Gasteiger partial charge in [-0.15, -0.1) is 0 Å². The van der Waals surface area contributed by atoms with Crippen molar-refractivity contribution in [2.45, 2.75) is 6.04 Å². The Morgan fingerprint density at radius 1 is 1.47 bits per heavy atom. The smallest absolute Gasteiger partial charge is 0.327 e. The number of hydrogen-bond acceptors (Lipinski definition) is 3. The quantitative estimate of drug-likeness (QED) is 0.876. The Morgan fingerprint density at radius 3 is 2.84 bits per heavy atom. The zero-order chi connectivity index (χ0) is 14.0. The predicted molar refractivity (Wildman–Crippen MR) is 78.9 cm³/mol. The van der Waals surface area contributed by atoms with Crippen LogP contribution in [0.25, 0.3) is 0 Å². The van der Waals surface area contributed by atoms with Crippen LogP contribution in [-0.2, 0) is 4.79 Å². The van der Waals surface area contributed by atoms with E-state index in [-0.39, 0.29) is 5.91 Å². The number of amides is 1. The molecule has 1 saturated heterocycles. The van der Waals surface area contributed by atoms with E-state index in [1.807, 2.05) is 0 Å². The van der Waals surface area contributed by atoms with Crippen molar-refractivity contribution in [3.8, 4) is 0 Å². The van der Waals surface area contributed by atoms with E-state index >= 15 is 0 Å². The molecule has 1 aliphatic heterocycles. The number of carbonyl (C=O) groups excluding carboxylic acids is 1. The minimum absolute atomic E-state index is 0.290. The molecule has 0 saturated carbocycles. The standard InChI is InChI=1S/C12H11BrClNO3S/c13-8-2-1-7(5-9(8)14)11(16)15-3-4-19-6-10(15)12(17)18/h1-2,5,10H,3-4,6H2,(H,17,18). The zero-order valence-corrected chi connectivity index (χ0v) is 13.0. The Kier molecular flexibility index (Phi) is 4.76. The third kappa shape index (κ3) is 3.24. The minimum Gasteiger partial charge on any atom is -0.480 e. The molecule has 7 heteroatoms. The molecule has 1 fully saturated rings. The summed E-state index contributed by atoms with van der Waals surface area (Å²) >= 11 is 10.8. The molecule has 102 valence electrons. The molecule has 1 heterocycles. The van der Waals surface area contributed by atoms with Crippen LogP contribution in [0.4, 0.5) is 0 Å². The fraction of sp³-hybridized carbons (Fsp3) is 0.333. The van der Waals surface area contributed by atoms with Gasteiger partial charge in [-0.3, -0.25) is 4.79 Å². The van der Waals surface area contributed by atoms with E-state index < -0.39 is 12.0 Å². The molecule has 1 N–H and O–H groups in total. The van der Waals surface area contributed by atoms with E-state index in [0.717, 1.165) is 5.75 Å². The van der Waals surface area contributed by atoms with E-state index in [1.165, 1.54) is 4.90 Å². The maximum atomic E-state index is 12.4. The highest BCUT2D eigenvalue weighted by Crippen LogP contribution is 2.25. The maximum Gasteiger partial charge on any atom is 0.327 e. The predicted octanol–water partition coefficient (Wildman–Crippen LogP) is 2.74. The molecular weight excluding hydrogens is 354 g/mol. The highest BCUT2D eigenvalue weighted by Gasteiger charge is 2.32. The number of benzene rings is 1. The van der Waals surface area contributed by atoms with Crippen molar-refractivity contribution < 1.29 is 14.7 Å². The number of nitrogens with zero attached hydrogens (tertiary/aromatic N) is 1. The molecule has 1 aromatic rings. The lowest BCUT2D eigenvalue weighted by molar-refractivity contribution is -0.141. The number of aliphatic carboxylic acids is 1. The first-order chi connectivity index (χ1) is 9.00. The largest absolute Gasteiger partial charge is 0.480 e. The number of thioether (sulfide) groups is 1. The summed E-state index contributed by atoms with van der Waals surface area (Å²) in [6.07, 6.45) is 0. The summed E-state index contributed by atoms with van der Waals surface area (Å²) in [7, 11) is 0. The Morgan fingerprint density at radius 2 is 2.21 bits per heavy atom. The van der Waals surface area contributed by atoms with Gasteiger partial charge in [-0.05, 0) is 34.1 Å². The summed E-state index contributed by atoms with van der Waals surface area (Å²) in [5.41, 5.74) is 0.409. The van der Waals surface area contributed by atoms with Crippen LogP contribution >= 0.6 is 39.3 Å². The fourth-order valence-corrected chi connectivity index (χ4v) is 3.31. The van der Waals surface area contributed by atoms with Gasteiger partial charge in [0.2, 0.25) is 0 Å². The van der Waals surface area contributed by atoms with E-state index in [1.54, 1.807) is 30.0 Å². The van der Waals surface area contributed by atoms with Crippen LogP contribution in [0.15, 0.2) is 22.7 Å². The van der Waals surface area contributed by atoms with Crippen molar-refractivity contribution in [1.82, 2.24) is 4.90 Å². The van der Waals surface area contributed by atoms with Gasteiger partial charge in [0.1, 0.15) is 6.04 Å². The van der Waals surface area contributed by atoms with Crippen LogP contribution in [0, 0.1) is 0 Å². The fourth-order valence-electron chi connectivity index (χ4n) is 1.85. The van der Waals surface area contributed by atoms with Crippen LogP contribution < -0.4 is 0 Å². The number of carboxylic acids is 1. The van der Waals surface area contributed by atoms with Gasteiger partial charge in [0.25, 0.3) is 5.91 Å². The van der Waals surface area contributed by atoms with Crippen LogP contribution in [0.2, 0.25) is 5.02 Å². The van der Waals surface area contributed by atoms with Crippen LogP contribution in [-0.4, -0.2) is 46.0 Å². The van der Waals surface area contributed by atoms with Gasteiger partial charge in [0.05, 0.1) is 5.02 Å². The van der Waals surface area contributed by atoms with Crippen molar-refractivity contribution >= 4 is 51.2 Å². The molecular formula is C12H11BrClNO3S. The first-order valence-electron chi connectivity index (χ1n) is 5.57. The van der Waals surface area contributed by atoms with Crippen molar-refractivity contribution in [3.05, 3.63) is 33.3 Å². The first-order valence-corrected chi connectivity index (χ1v) is 7.90. The van der Waals surface area contributed by atoms with Crippen LogP contribution in [0.1, 0.15) is 10.4 Å². The molecule has 0 radical (unpaired) electrons. The monoisotopic (exact) mass is 363 g/mol. The molecule has 19 heavy (non-hydrogen) atoms. The second-order valence-electron chi connectivity index (χ2n) is 4.06. The summed E-state index contributed by atoms with van der Waals surface area (Å²) in [4.78, 5) is 24.9. The maximum absolute atomic E-state index is 12.4. The number of rotatable bonds is 2. The topological polar surface area (TPSA) is 57.6 Å². The van der Waals surface area contributed by atoms with E-state index in [0.29, 0.717) is 27.4 Å². The highest BCUT2D eigenvalue weighted by atomic mass is 79.9. The molecule has 1 aliphatic rings. The zero-order valence-electron chi connectivity index (χ0n) is 9.81. The summed E-state index contributed by atoms with van der Waals surface area (Å²) in [6, 6.07) is 4.10. The van der Waals surface area contributed by atoms with Crippen molar-refractivity contribution in [3.63, 3.8) is 0 Å². The van der Waals surface area contributed by atoms with Crippen LogP contribution in [0.3, 0.4) is 0 Å². The first kappa shape index (κ1) is 14.7. The van der Waals surface area contributed by atoms with Crippen molar-refractivity contribution in [1.29, 1.82) is 0 Å². The van der Waals surface area contributed by atoms with Gasteiger partial charge in [0.15, 0.2) is 0 Å². The molecule has 0 aromatic heterocycles.